The predicted octanol–water partition coefficient (Wildman–Crippen LogP) is 4.15. The summed E-state index contributed by atoms with van der Waals surface area (Å²) >= 11 is 1.62. The minimum absolute atomic E-state index is 0.128. The number of thiophene rings is 1. The van der Waals surface area contributed by atoms with E-state index in [-0.39, 0.29) is 5.56 Å². The standard InChI is InChI=1S/C17H12N2O3S/c1-22-16-10(17(20)21)6-7-11-14(16)15(19-18-11)13-8-9-4-2-3-5-12(9)23-13/h2-8H,1H3,(H,18,19)(H,20,21). The second-order valence-electron chi connectivity index (χ2n) is 5.09. The Hall–Kier alpha value is -2.86. The van der Waals surface area contributed by atoms with Crippen LogP contribution in [0, 0.1) is 0 Å². The molecule has 0 unspecified atom stereocenters. The molecule has 0 radical (unpaired) electrons. The molecule has 0 spiro atoms. The maximum atomic E-state index is 11.4. The quantitative estimate of drug-likeness (QED) is 0.593. The lowest BCUT2D eigenvalue weighted by molar-refractivity contribution is 0.0693. The van der Waals surface area contributed by atoms with Crippen molar-refractivity contribution < 1.29 is 14.6 Å². The van der Waals surface area contributed by atoms with Crippen LogP contribution in [0.15, 0.2) is 42.5 Å². The van der Waals surface area contributed by atoms with Gasteiger partial charge in [0.05, 0.1) is 22.9 Å². The van der Waals surface area contributed by atoms with E-state index >= 15 is 0 Å². The van der Waals surface area contributed by atoms with Crippen molar-refractivity contribution in [2.24, 2.45) is 0 Å². The van der Waals surface area contributed by atoms with E-state index in [0.717, 1.165) is 20.5 Å². The normalized spacial score (nSPS) is 11.2. The molecule has 2 aromatic carbocycles. The number of benzene rings is 2. The van der Waals surface area contributed by atoms with Gasteiger partial charge in [0.25, 0.3) is 0 Å². The van der Waals surface area contributed by atoms with Crippen molar-refractivity contribution in [3.05, 3.63) is 48.0 Å². The summed E-state index contributed by atoms with van der Waals surface area (Å²) in [5.74, 6) is -0.691. The summed E-state index contributed by atoms with van der Waals surface area (Å²) in [6.45, 7) is 0. The number of hydrogen-bond acceptors (Lipinski definition) is 4. The molecule has 114 valence electrons. The fourth-order valence-corrected chi connectivity index (χ4v) is 3.80. The van der Waals surface area contributed by atoms with Gasteiger partial charge in [-0.1, -0.05) is 18.2 Å². The van der Waals surface area contributed by atoms with Gasteiger partial charge in [-0.2, -0.15) is 5.10 Å². The summed E-state index contributed by atoms with van der Waals surface area (Å²) < 4.78 is 6.54. The van der Waals surface area contributed by atoms with Gasteiger partial charge >= 0.3 is 5.97 Å². The third-order valence-electron chi connectivity index (χ3n) is 3.78. The number of aromatic carboxylic acids is 1. The van der Waals surface area contributed by atoms with E-state index < -0.39 is 5.97 Å². The van der Waals surface area contributed by atoms with Crippen LogP contribution in [0.25, 0.3) is 31.6 Å². The molecule has 0 saturated heterocycles. The lowest BCUT2D eigenvalue weighted by atomic mass is 10.1. The van der Waals surface area contributed by atoms with Crippen LogP contribution in [0.4, 0.5) is 0 Å². The van der Waals surface area contributed by atoms with E-state index in [1.54, 1.807) is 17.4 Å². The van der Waals surface area contributed by atoms with Gasteiger partial charge in [0.15, 0.2) is 0 Å². The zero-order valence-corrected chi connectivity index (χ0v) is 13.0. The number of nitrogens with one attached hydrogen (secondary N) is 1. The highest BCUT2D eigenvalue weighted by molar-refractivity contribution is 7.22. The lowest BCUT2D eigenvalue weighted by Gasteiger charge is -2.06. The lowest BCUT2D eigenvalue weighted by Crippen LogP contribution is -2.00. The molecule has 4 aromatic rings. The molecular formula is C17H12N2O3S. The van der Waals surface area contributed by atoms with E-state index in [4.69, 9.17) is 4.74 Å². The third kappa shape index (κ3) is 2.07. The van der Waals surface area contributed by atoms with Crippen LogP contribution in [-0.2, 0) is 0 Å². The fraction of sp³-hybridized carbons (Fsp3) is 0.0588. The Balaban J connectivity index is 2.03. The zero-order valence-electron chi connectivity index (χ0n) is 12.2. The number of nitrogens with zero attached hydrogens (tertiary/aromatic N) is 1. The number of carbonyl (C=O) groups is 1. The minimum Gasteiger partial charge on any atom is -0.495 e. The first-order valence-corrected chi connectivity index (χ1v) is 7.78. The third-order valence-corrected chi connectivity index (χ3v) is 4.90. The number of aromatic amines is 1. The summed E-state index contributed by atoms with van der Waals surface area (Å²) in [6, 6.07) is 13.4. The number of hydrogen-bond donors (Lipinski definition) is 2. The Morgan fingerprint density at radius 2 is 2.09 bits per heavy atom. The molecule has 0 aliphatic heterocycles. The molecular weight excluding hydrogens is 312 g/mol. The number of rotatable bonds is 3. The van der Waals surface area contributed by atoms with Gasteiger partial charge in [-0.15, -0.1) is 11.3 Å². The van der Waals surface area contributed by atoms with Crippen LogP contribution in [0.5, 0.6) is 5.75 Å². The van der Waals surface area contributed by atoms with Crippen LogP contribution in [0.3, 0.4) is 0 Å². The molecule has 0 amide bonds. The number of fused-ring (bicyclic) bond motifs is 2. The Kier molecular flexibility index (Phi) is 3.06. The maximum Gasteiger partial charge on any atom is 0.339 e. The van der Waals surface area contributed by atoms with E-state index in [9.17, 15) is 9.90 Å². The van der Waals surface area contributed by atoms with Crippen LogP contribution >= 0.6 is 11.3 Å². The van der Waals surface area contributed by atoms with E-state index in [1.807, 2.05) is 18.2 Å². The first-order chi connectivity index (χ1) is 11.2. The molecule has 0 atom stereocenters. The van der Waals surface area contributed by atoms with Crippen molar-refractivity contribution in [3.63, 3.8) is 0 Å². The van der Waals surface area contributed by atoms with E-state index in [0.29, 0.717) is 16.8 Å². The topological polar surface area (TPSA) is 75.2 Å². The van der Waals surface area contributed by atoms with Crippen molar-refractivity contribution in [1.29, 1.82) is 0 Å². The summed E-state index contributed by atoms with van der Waals surface area (Å²) in [7, 11) is 1.48. The Morgan fingerprint density at radius 1 is 1.26 bits per heavy atom. The van der Waals surface area contributed by atoms with Gasteiger partial charge < -0.3 is 9.84 Å². The molecule has 4 rings (SSSR count). The zero-order chi connectivity index (χ0) is 16.0. The van der Waals surface area contributed by atoms with E-state index in [1.165, 1.54) is 13.2 Å². The highest BCUT2D eigenvalue weighted by Crippen LogP contribution is 2.40. The van der Waals surface area contributed by atoms with Gasteiger partial charge in [-0.25, -0.2) is 4.79 Å². The average Bonchev–Trinajstić information content (AvgIpc) is 3.16. The number of carboxylic acid groups (broad SMARTS) is 1. The molecule has 0 bridgehead atoms. The molecule has 5 nitrogen and oxygen atoms in total. The smallest absolute Gasteiger partial charge is 0.339 e. The molecule has 2 heterocycles. The first-order valence-electron chi connectivity index (χ1n) is 6.96. The van der Waals surface area contributed by atoms with Gasteiger partial charge in [0.2, 0.25) is 0 Å². The number of H-pyrrole nitrogens is 1. The van der Waals surface area contributed by atoms with Crippen LogP contribution < -0.4 is 4.74 Å². The molecule has 0 fully saturated rings. The van der Waals surface area contributed by atoms with Crippen molar-refractivity contribution in [2.45, 2.75) is 0 Å². The summed E-state index contributed by atoms with van der Waals surface area (Å²) in [4.78, 5) is 12.4. The Morgan fingerprint density at radius 3 is 2.83 bits per heavy atom. The summed E-state index contributed by atoms with van der Waals surface area (Å²) in [5, 5.41) is 18.5. The molecule has 0 saturated carbocycles. The van der Waals surface area contributed by atoms with Gasteiger partial charge in [-0.05, 0) is 29.7 Å². The Labute approximate surface area is 135 Å². The van der Waals surface area contributed by atoms with Crippen molar-refractivity contribution in [2.75, 3.05) is 7.11 Å². The molecule has 2 N–H and O–H groups in total. The van der Waals surface area contributed by atoms with E-state index in [2.05, 4.69) is 22.3 Å². The molecule has 0 aliphatic carbocycles. The van der Waals surface area contributed by atoms with Crippen molar-refractivity contribution in [3.8, 4) is 16.3 Å². The summed E-state index contributed by atoms with van der Waals surface area (Å²) in [5.41, 5.74) is 1.59. The fourth-order valence-electron chi connectivity index (χ4n) is 2.74. The monoisotopic (exact) mass is 324 g/mol. The average molecular weight is 324 g/mol. The van der Waals surface area contributed by atoms with Gasteiger partial charge in [0, 0.05) is 4.70 Å². The van der Waals surface area contributed by atoms with Crippen LogP contribution in [-0.4, -0.2) is 28.4 Å². The molecule has 23 heavy (non-hydrogen) atoms. The maximum absolute atomic E-state index is 11.4. The number of ether oxygens (including phenoxy) is 1. The number of carboxylic acids is 1. The first kappa shape index (κ1) is 13.8. The van der Waals surface area contributed by atoms with Crippen molar-refractivity contribution >= 4 is 38.3 Å². The Bertz CT molecular complexity index is 1020. The second-order valence-corrected chi connectivity index (χ2v) is 6.18. The van der Waals surface area contributed by atoms with Gasteiger partial charge in [-0.3, -0.25) is 5.10 Å². The predicted molar refractivity (Wildman–Crippen MR) is 90.4 cm³/mol. The van der Waals surface area contributed by atoms with Crippen molar-refractivity contribution in [1.82, 2.24) is 10.2 Å². The molecule has 0 aliphatic rings. The number of methoxy groups -OCH3 is 1. The minimum atomic E-state index is -1.02. The van der Waals surface area contributed by atoms with Gasteiger partial charge in [0.1, 0.15) is 17.0 Å². The highest BCUT2D eigenvalue weighted by Gasteiger charge is 2.20. The second kappa shape index (κ2) is 5.10. The molecule has 6 heteroatoms. The number of aromatic nitrogens is 2. The van der Waals surface area contributed by atoms with Crippen LogP contribution in [0.1, 0.15) is 10.4 Å². The summed E-state index contributed by atoms with van der Waals surface area (Å²) in [6.07, 6.45) is 0. The molecule has 2 aromatic heterocycles. The SMILES string of the molecule is COc1c(C(=O)O)ccc2[nH]nc(-c3cc4ccccc4s3)c12. The largest absolute Gasteiger partial charge is 0.495 e. The van der Waals surface area contributed by atoms with Crippen LogP contribution in [0.2, 0.25) is 0 Å². The highest BCUT2D eigenvalue weighted by atomic mass is 32.1.